The summed E-state index contributed by atoms with van der Waals surface area (Å²) < 4.78 is 49.7. The largest absolute Gasteiger partial charge is 0.422 e. The summed E-state index contributed by atoms with van der Waals surface area (Å²) in [5.74, 6) is 0. The van der Waals surface area contributed by atoms with Gasteiger partial charge in [-0.15, -0.1) is 0 Å². The van der Waals surface area contributed by atoms with E-state index in [1.165, 1.54) is 0 Å². The number of fused-ring (bicyclic) bond motifs is 2. The molecule has 2 aromatic rings. The molecule has 0 unspecified atom stereocenters. The highest BCUT2D eigenvalue weighted by Gasteiger charge is 2.45. The molecule has 2 aliphatic rings. The lowest BCUT2D eigenvalue weighted by atomic mass is 9.69. The third-order valence-electron chi connectivity index (χ3n) is 7.62. The Kier molecular flexibility index (Phi) is 7.08. The summed E-state index contributed by atoms with van der Waals surface area (Å²) in [6.07, 6.45) is 9.18. The minimum Gasteiger partial charge on any atom is -0.422 e. The van der Waals surface area contributed by atoms with Gasteiger partial charge in [0.05, 0.1) is 11.1 Å². The van der Waals surface area contributed by atoms with Gasteiger partial charge in [0.25, 0.3) is 0 Å². The first kappa shape index (κ1) is 27.0. The molecule has 2 aliphatic heterocycles. The Morgan fingerprint density at radius 3 is 2.27 bits per heavy atom. The maximum Gasteiger partial charge on any atom is 0.417 e. The predicted molar refractivity (Wildman–Crippen MR) is 146 cm³/mol. The van der Waals surface area contributed by atoms with Crippen molar-refractivity contribution >= 4 is 16.7 Å². The summed E-state index contributed by atoms with van der Waals surface area (Å²) in [6.45, 7) is 13.9. The molecular weight excluding hydrogens is 475 g/mol. The Hall–Kier alpha value is -3.02. The van der Waals surface area contributed by atoms with E-state index in [4.69, 9.17) is 4.42 Å². The minimum absolute atomic E-state index is 0.00523. The van der Waals surface area contributed by atoms with E-state index < -0.39 is 22.8 Å². The van der Waals surface area contributed by atoms with E-state index in [1.807, 2.05) is 45.9 Å². The molecule has 0 aliphatic carbocycles. The number of hydrogen-bond donors (Lipinski definition) is 0. The Labute approximate surface area is 217 Å². The van der Waals surface area contributed by atoms with E-state index >= 15 is 0 Å². The number of benzene rings is 1. The highest BCUT2D eigenvalue weighted by molar-refractivity contribution is 5.93. The molecule has 3 nitrogen and oxygen atoms in total. The first-order valence-corrected chi connectivity index (χ1v) is 12.9. The van der Waals surface area contributed by atoms with Crippen LogP contribution in [0.1, 0.15) is 76.6 Å². The van der Waals surface area contributed by atoms with Gasteiger partial charge < -0.3 is 9.32 Å². The fourth-order valence-corrected chi connectivity index (χ4v) is 5.48. The summed E-state index contributed by atoms with van der Waals surface area (Å²) in [6, 6.07) is 1.65. The number of rotatable bonds is 5. The van der Waals surface area contributed by atoms with Gasteiger partial charge in [0.15, 0.2) is 0 Å². The van der Waals surface area contributed by atoms with Crippen molar-refractivity contribution in [2.75, 3.05) is 18.0 Å². The Bertz CT molecular complexity index is 1380. The van der Waals surface area contributed by atoms with Crippen molar-refractivity contribution in [3.05, 3.63) is 86.8 Å². The van der Waals surface area contributed by atoms with E-state index in [-0.39, 0.29) is 28.4 Å². The van der Waals surface area contributed by atoms with Gasteiger partial charge in [-0.2, -0.15) is 13.2 Å². The summed E-state index contributed by atoms with van der Waals surface area (Å²) >= 11 is 0. The van der Waals surface area contributed by atoms with Crippen LogP contribution in [0.5, 0.6) is 0 Å². The topological polar surface area (TPSA) is 33.5 Å². The quantitative estimate of drug-likeness (QED) is 0.300. The zero-order valence-electron chi connectivity index (χ0n) is 22.6. The number of allylic oxidation sites excluding steroid dienone is 8. The van der Waals surface area contributed by atoms with Crippen LogP contribution in [-0.4, -0.2) is 13.1 Å². The third-order valence-corrected chi connectivity index (χ3v) is 7.62. The summed E-state index contributed by atoms with van der Waals surface area (Å²) in [4.78, 5) is 15.3. The highest BCUT2D eigenvalue weighted by Crippen LogP contribution is 2.53. The van der Waals surface area contributed by atoms with Crippen LogP contribution in [0.15, 0.2) is 63.4 Å². The number of hydrogen-bond acceptors (Lipinski definition) is 3. The SMILES string of the molecule is CC(C)=C/C=C/C=C/C=C/Cc1c(C(F)(F)F)c2cc3c4c(c2oc1=O)C(C)(C)CCN4CCC3(C)C. The molecule has 0 spiro atoms. The van der Waals surface area contributed by atoms with Crippen LogP contribution in [0, 0.1) is 0 Å². The first-order chi connectivity index (χ1) is 17.2. The molecular formula is C31H36F3NO2. The molecule has 0 radical (unpaired) electrons. The van der Waals surface area contributed by atoms with Crippen LogP contribution >= 0.6 is 0 Å². The normalized spacial score (nSPS) is 18.8. The fraction of sp³-hybridized carbons (Fsp3) is 0.452. The molecule has 0 atom stereocenters. The zero-order chi connectivity index (χ0) is 27.2. The van der Waals surface area contributed by atoms with Gasteiger partial charge in [-0.25, -0.2) is 4.79 Å². The van der Waals surface area contributed by atoms with Crippen LogP contribution in [0.25, 0.3) is 11.0 Å². The average molecular weight is 512 g/mol. The van der Waals surface area contributed by atoms with Crippen LogP contribution in [0.4, 0.5) is 18.9 Å². The number of nitrogens with zero attached hydrogens (tertiary/aromatic N) is 1. The molecule has 1 aromatic carbocycles. The maximum absolute atomic E-state index is 14.6. The van der Waals surface area contributed by atoms with Crippen LogP contribution in [0.2, 0.25) is 0 Å². The van der Waals surface area contributed by atoms with Gasteiger partial charge in [0, 0.05) is 29.7 Å². The Balaban J connectivity index is 1.90. The van der Waals surface area contributed by atoms with E-state index in [1.54, 1.807) is 30.4 Å². The minimum atomic E-state index is -4.70. The van der Waals surface area contributed by atoms with Crippen molar-refractivity contribution in [3.8, 4) is 0 Å². The van der Waals surface area contributed by atoms with Crippen LogP contribution < -0.4 is 10.5 Å². The molecule has 4 rings (SSSR count). The lowest BCUT2D eigenvalue weighted by Crippen LogP contribution is -2.45. The Morgan fingerprint density at radius 1 is 1.00 bits per heavy atom. The van der Waals surface area contributed by atoms with Crippen LogP contribution in [-0.2, 0) is 23.4 Å². The van der Waals surface area contributed by atoms with Gasteiger partial charge in [0.2, 0.25) is 0 Å². The van der Waals surface area contributed by atoms with Crippen molar-refractivity contribution in [1.29, 1.82) is 0 Å². The molecule has 0 N–H and O–H groups in total. The van der Waals surface area contributed by atoms with Gasteiger partial charge in [0.1, 0.15) is 5.58 Å². The number of anilines is 1. The summed E-state index contributed by atoms with van der Waals surface area (Å²) in [5.41, 5.74) is 0.989. The zero-order valence-corrected chi connectivity index (χ0v) is 22.6. The maximum atomic E-state index is 14.6. The molecule has 3 heterocycles. The smallest absolute Gasteiger partial charge is 0.417 e. The second-order valence-corrected chi connectivity index (χ2v) is 11.7. The molecule has 37 heavy (non-hydrogen) atoms. The van der Waals surface area contributed by atoms with E-state index in [9.17, 15) is 18.0 Å². The molecule has 0 saturated heterocycles. The van der Waals surface area contributed by atoms with E-state index in [0.717, 1.165) is 48.3 Å². The van der Waals surface area contributed by atoms with Gasteiger partial charge in [-0.05, 0) is 55.6 Å². The molecule has 0 amide bonds. The summed E-state index contributed by atoms with van der Waals surface area (Å²) in [7, 11) is 0. The molecule has 1 aromatic heterocycles. The number of alkyl halides is 3. The lowest BCUT2D eigenvalue weighted by molar-refractivity contribution is -0.137. The van der Waals surface area contributed by atoms with Crippen molar-refractivity contribution < 1.29 is 17.6 Å². The van der Waals surface area contributed by atoms with Gasteiger partial charge in [-0.1, -0.05) is 75.8 Å². The molecule has 0 bridgehead atoms. The molecule has 6 heteroatoms. The second-order valence-electron chi connectivity index (χ2n) is 11.7. The fourth-order valence-electron chi connectivity index (χ4n) is 5.48. The highest BCUT2D eigenvalue weighted by atomic mass is 19.4. The second kappa shape index (κ2) is 9.70. The molecule has 0 saturated carbocycles. The number of halogens is 3. The molecule has 198 valence electrons. The van der Waals surface area contributed by atoms with E-state index in [2.05, 4.69) is 18.7 Å². The summed E-state index contributed by atoms with van der Waals surface area (Å²) in [5, 5.41) is -0.00523. The van der Waals surface area contributed by atoms with Gasteiger partial charge in [-0.3, -0.25) is 0 Å². The van der Waals surface area contributed by atoms with Crippen LogP contribution in [0.3, 0.4) is 0 Å². The molecule has 0 fully saturated rings. The van der Waals surface area contributed by atoms with Gasteiger partial charge >= 0.3 is 11.8 Å². The monoisotopic (exact) mass is 511 g/mol. The standard InChI is InChI=1S/C31H36F3NO2/c1-20(2)13-11-9-7-8-10-12-14-21-24(31(32,33)34)22-19-23-26-25(27(22)37-28(21)36)30(5,6)16-18-35(26)17-15-29(23,3)4/h7-13,19H,14-18H2,1-6H3/b8-7+,11-9+,12-10+. The third kappa shape index (κ3) is 5.21. The van der Waals surface area contributed by atoms with Crippen molar-refractivity contribution in [2.45, 2.75) is 77.8 Å². The van der Waals surface area contributed by atoms with Crippen molar-refractivity contribution in [1.82, 2.24) is 0 Å². The Morgan fingerprint density at radius 2 is 1.62 bits per heavy atom. The van der Waals surface area contributed by atoms with Crippen molar-refractivity contribution in [3.63, 3.8) is 0 Å². The first-order valence-electron chi connectivity index (χ1n) is 12.9. The lowest BCUT2D eigenvalue weighted by Gasteiger charge is -2.48. The average Bonchev–Trinajstić information content (AvgIpc) is 2.78. The van der Waals surface area contributed by atoms with E-state index in [0.29, 0.717) is 0 Å². The predicted octanol–water partition coefficient (Wildman–Crippen LogP) is 8.16. The van der Waals surface area contributed by atoms with Crippen molar-refractivity contribution in [2.24, 2.45) is 0 Å².